The van der Waals surface area contributed by atoms with Crippen molar-refractivity contribution in [1.29, 1.82) is 0 Å². The van der Waals surface area contributed by atoms with Crippen LogP contribution >= 0.6 is 11.6 Å². The molecule has 0 aliphatic heterocycles. The highest BCUT2D eigenvalue weighted by molar-refractivity contribution is 6.63. The molecular formula is C10H15ClO. The van der Waals surface area contributed by atoms with Crippen molar-refractivity contribution < 1.29 is 4.79 Å². The van der Waals surface area contributed by atoms with E-state index in [1.165, 1.54) is 38.5 Å². The SMILES string of the molecule is O=C(Cl)CC12CCC(CC1)CC2. The maximum absolute atomic E-state index is 10.9. The summed E-state index contributed by atoms with van der Waals surface area (Å²) in [6.07, 6.45) is 8.38. The van der Waals surface area contributed by atoms with Crippen molar-refractivity contribution in [2.45, 2.75) is 44.9 Å². The third kappa shape index (κ3) is 1.52. The molecule has 1 nitrogen and oxygen atoms in total. The van der Waals surface area contributed by atoms with Crippen LogP contribution in [0.3, 0.4) is 0 Å². The Morgan fingerprint density at radius 1 is 1.25 bits per heavy atom. The van der Waals surface area contributed by atoms with Crippen LogP contribution in [0.15, 0.2) is 0 Å². The van der Waals surface area contributed by atoms with E-state index in [1.54, 1.807) is 0 Å². The lowest BCUT2D eigenvalue weighted by Gasteiger charge is -2.46. The Bertz CT molecular complexity index is 178. The molecule has 0 radical (unpaired) electrons. The van der Waals surface area contributed by atoms with Gasteiger partial charge >= 0.3 is 0 Å². The quantitative estimate of drug-likeness (QED) is 0.606. The van der Waals surface area contributed by atoms with Gasteiger partial charge in [-0.15, -0.1) is 0 Å². The molecule has 0 aromatic carbocycles. The van der Waals surface area contributed by atoms with E-state index in [4.69, 9.17) is 11.6 Å². The lowest BCUT2D eigenvalue weighted by molar-refractivity contribution is -0.115. The van der Waals surface area contributed by atoms with Gasteiger partial charge < -0.3 is 0 Å². The molecule has 0 atom stereocenters. The number of hydrogen-bond acceptors (Lipinski definition) is 1. The second-order valence-electron chi connectivity index (χ2n) is 4.51. The van der Waals surface area contributed by atoms with Crippen molar-refractivity contribution in [3.63, 3.8) is 0 Å². The molecule has 0 unspecified atom stereocenters. The van der Waals surface area contributed by atoms with Gasteiger partial charge in [-0.25, -0.2) is 0 Å². The summed E-state index contributed by atoms with van der Waals surface area (Å²) in [7, 11) is 0. The van der Waals surface area contributed by atoms with Gasteiger partial charge in [0.15, 0.2) is 0 Å². The van der Waals surface area contributed by atoms with Gasteiger partial charge in [-0.2, -0.15) is 0 Å². The van der Waals surface area contributed by atoms with Crippen molar-refractivity contribution in [1.82, 2.24) is 0 Å². The lowest BCUT2D eigenvalue weighted by atomic mass is 9.59. The molecular weight excluding hydrogens is 172 g/mol. The van der Waals surface area contributed by atoms with Gasteiger partial charge in [-0.1, -0.05) is 0 Å². The minimum atomic E-state index is -0.129. The Labute approximate surface area is 78.5 Å². The molecule has 0 saturated heterocycles. The highest BCUT2D eigenvalue weighted by atomic mass is 35.5. The number of halogens is 1. The summed E-state index contributed by atoms with van der Waals surface area (Å²) >= 11 is 5.46. The van der Waals surface area contributed by atoms with Crippen LogP contribution in [0, 0.1) is 11.3 Å². The van der Waals surface area contributed by atoms with E-state index in [-0.39, 0.29) is 5.24 Å². The fraction of sp³-hybridized carbons (Fsp3) is 0.900. The summed E-state index contributed by atoms with van der Waals surface area (Å²) in [5, 5.41) is -0.129. The monoisotopic (exact) mass is 186 g/mol. The average molecular weight is 187 g/mol. The first kappa shape index (κ1) is 8.55. The summed E-state index contributed by atoms with van der Waals surface area (Å²) in [5.41, 5.74) is 0.327. The minimum Gasteiger partial charge on any atom is -0.281 e. The lowest BCUT2D eigenvalue weighted by Crippen LogP contribution is -2.35. The molecule has 68 valence electrons. The molecule has 0 N–H and O–H groups in total. The average Bonchev–Trinajstić information content (AvgIpc) is 2.05. The molecule has 3 aliphatic carbocycles. The van der Waals surface area contributed by atoms with Crippen LogP contribution in [0.1, 0.15) is 44.9 Å². The second-order valence-corrected chi connectivity index (χ2v) is 4.94. The summed E-state index contributed by atoms with van der Waals surface area (Å²) in [6.45, 7) is 0. The fourth-order valence-electron chi connectivity index (χ4n) is 2.90. The molecule has 0 spiro atoms. The fourth-order valence-corrected chi connectivity index (χ4v) is 3.18. The predicted octanol–water partition coefficient (Wildman–Crippen LogP) is 3.11. The van der Waals surface area contributed by atoms with Gasteiger partial charge in [-0.05, 0) is 61.5 Å². The highest BCUT2D eigenvalue weighted by Crippen LogP contribution is 2.52. The van der Waals surface area contributed by atoms with Gasteiger partial charge in [0.25, 0.3) is 0 Å². The zero-order valence-electron chi connectivity index (χ0n) is 7.31. The summed E-state index contributed by atoms with van der Waals surface area (Å²) in [6, 6.07) is 0. The van der Waals surface area contributed by atoms with E-state index in [1.807, 2.05) is 0 Å². The summed E-state index contributed by atoms with van der Waals surface area (Å²) in [4.78, 5) is 10.9. The molecule has 3 rings (SSSR count). The number of carbonyl (C=O) groups excluding carboxylic acids is 1. The zero-order chi connectivity index (χ0) is 8.60. The van der Waals surface area contributed by atoms with E-state index >= 15 is 0 Å². The first-order valence-corrected chi connectivity index (χ1v) is 5.26. The third-order valence-electron chi connectivity index (χ3n) is 3.76. The van der Waals surface area contributed by atoms with Crippen molar-refractivity contribution in [2.24, 2.45) is 11.3 Å². The van der Waals surface area contributed by atoms with Crippen LogP contribution in [0.25, 0.3) is 0 Å². The molecule has 0 aromatic heterocycles. The molecule has 0 aromatic rings. The topological polar surface area (TPSA) is 17.1 Å². The van der Waals surface area contributed by atoms with E-state index in [2.05, 4.69) is 0 Å². The van der Waals surface area contributed by atoms with Crippen LogP contribution in [0.4, 0.5) is 0 Å². The van der Waals surface area contributed by atoms with Gasteiger partial charge in [-0.3, -0.25) is 4.79 Å². The maximum Gasteiger partial charge on any atom is 0.222 e. The largest absolute Gasteiger partial charge is 0.281 e. The Balaban J connectivity index is 2.03. The first-order chi connectivity index (χ1) is 5.70. The van der Waals surface area contributed by atoms with Crippen LogP contribution in [-0.2, 0) is 4.79 Å². The number of rotatable bonds is 2. The van der Waals surface area contributed by atoms with Gasteiger partial charge in [0.05, 0.1) is 0 Å². The van der Waals surface area contributed by atoms with Crippen LogP contribution in [0.2, 0.25) is 0 Å². The zero-order valence-corrected chi connectivity index (χ0v) is 8.07. The van der Waals surface area contributed by atoms with Gasteiger partial charge in [0, 0.05) is 6.42 Å². The standard InChI is InChI=1S/C10H15ClO/c11-9(12)7-10-4-1-8(2-5-10)3-6-10/h8H,1-7H2. The first-order valence-electron chi connectivity index (χ1n) is 4.89. The Morgan fingerprint density at radius 2 is 1.75 bits per heavy atom. The minimum absolute atomic E-state index is 0.129. The maximum atomic E-state index is 10.9. The summed E-state index contributed by atoms with van der Waals surface area (Å²) in [5.74, 6) is 0.970. The van der Waals surface area contributed by atoms with Gasteiger partial charge in [0.1, 0.15) is 0 Å². The second kappa shape index (κ2) is 3.02. The molecule has 3 aliphatic rings. The number of fused-ring (bicyclic) bond motifs is 3. The molecule has 0 heterocycles. The van der Waals surface area contributed by atoms with Crippen LogP contribution < -0.4 is 0 Å². The van der Waals surface area contributed by atoms with E-state index in [9.17, 15) is 4.79 Å². The van der Waals surface area contributed by atoms with Crippen molar-refractivity contribution in [3.8, 4) is 0 Å². The summed E-state index contributed by atoms with van der Waals surface area (Å²) < 4.78 is 0. The smallest absolute Gasteiger partial charge is 0.222 e. The van der Waals surface area contributed by atoms with Crippen molar-refractivity contribution >= 4 is 16.8 Å². The van der Waals surface area contributed by atoms with Crippen molar-refractivity contribution in [2.75, 3.05) is 0 Å². The molecule has 3 saturated carbocycles. The highest BCUT2D eigenvalue weighted by Gasteiger charge is 2.41. The Hall–Kier alpha value is -0.0400. The number of carbonyl (C=O) groups is 1. The normalized spacial score (nSPS) is 39.9. The van der Waals surface area contributed by atoms with E-state index in [0.717, 1.165) is 5.92 Å². The number of hydrogen-bond donors (Lipinski definition) is 0. The van der Waals surface area contributed by atoms with Crippen LogP contribution in [-0.4, -0.2) is 5.24 Å². The van der Waals surface area contributed by atoms with E-state index in [0.29, 0.717) is 11.8 Å². The predicted molar refractivity (Wildman–Crippen MR) is 49.1 cm³/mol. The molecule has 12 heavy (non-hydrogen) atoms. The molecule has 0 amide bonds. The molecule has 2 heteroatoms. The third-order valence-corrected chi connectivity index (χ3v) is 3.90. The molecule has 3 fully saturated rings. The van der Waals surface area contributed by atoms with Gasteiger partial charge in [0.2, 0.25) is 5.24 Å². The Morgan fingerprint density at radius 3 is 2.17 bits per heavy atom. The Kier molecular flexibility index (Phi) is 2.16. The van der Waals surface area contributed by atoms with E-state index < -0.39 is 0 Å². The molecule has 2 bridgehead atoms. The van der Waals surface area contributed by atoms with Crippen molar-refractivity contribution in [3.05, 3.63) is 0 Å². The van der Waals surface area contributed by atoms with Crippen LogP contribution in [0.5, 0.6) is 0 Å².